The van der Waals surface area contributed by atoms with E-state index in [1.807, 2.05) is 19.1 Å². The number of aryl methyl sites for hydroxylation is 1. The molecule has 3 nitrogen and oxygen atoms in total. The summed E-state index contributed by atoms with van der Waals surface area (Å²) < 4.78 is 0. The maximum absolute atomic E-state index is 11.4. The van der Waals surface area contributed by atoms with Crippen LogP contribution in [0.5, 0.6) is 0 Å². The molecule has 0 aromatic carbocycles. The quantitative estimate of drug-likeness (QED) is 0.797. The van der Waals surface area contributed by atoms with Crippen molar-refractivity contribution < 1.29 is 4.79 Å². The van der Waals surface area contributed by atoms with E-state index >= 15 is 0 Å². The molecule has 15 heavy (non-hydrogen) atoms. The lowest BCUT2D eigenvalue weighted by Crippen LogP contribution is -2.29. The lowest BCUT2D eigenvalue weighted by atomic mass is 10.2. The fraction of sp³-hybridized carbons (Fsp3) is 0.455. The number of amides is 1. The monoisotopic (exact) mass is 226 g/mol. The first kappa shape index (κ1) is 12.0. The minimum absolute atomic E-state index is 0.0226. The van der Waals surface area contributed by atoms with Crippen LogP contribution in [0.3, 0.4) is 0 Å². The molecular weight excluding hydrogens is 212 g/mol. The van der Waals surface area contributed by atoms with Crippen molar-refractivity contribution in [3.8, 4) is 0 Å². The summed E-state index contributed by atoms with van der Waals surface area (Å²) in [6, 6.07) is 3.88. The van der Waals surface area contributed by atoms with Crippen LogP contribution in [0.2, 0.25) is 0 Å². The van der Waals surface area contributed by atoms with Crippen LogP contribution in [0.1, 0.15) is 18.2 Å². The average molecular weight is 227 g/mol. The van der Waals surface area contributed by atoms with Gasteiger partial charge in [-0.25, -0.2) is 0 Å². The molecular formula is C11H15ClN2O. The van der Waals surface area contributed by atoms with Crippen molar-refractivity contribution in [2.24, 2.45) is 5.92 Å². The summed E-state index contributed by atoms with van der Waals surface area (Å²) in [5.41, 5.74) is 1.97. The zero-order valence-electron chi connectivity index (χ0n) is 8.96. The maximum Gasteiger partial charge on any atom is 0.224 e. The minimum Gasteiger partial charge on any atom is -0.352 e. The Labute approximate surface area is 94.9 Å². The average Bonchev–Trinajstić information content (AvgIpc) is 2.26. The van der Waals surface area contributed by atoms with Crippen molar-refractivity contribution >= 4 is 17.5 Å². The van der Waals surface area contributed by atoms with Crippen LogP contribution in [0.15, 0.2) is 18.3 Å². The van der Waals surface area contributed by atoms with E-state index in [-0.39, 0.29) is 11.8 Å². The lowest BCUT2D eigenvalue weighted by molar-refractivity contribution is -0.124. The third-order valence-electron chi connectivity index (χ3n) is 2.12. The Morgan fingerprint density at radius 2 is 2.33 bits per heavy atom. The first-order valence-electron chi connectivity index (χ1n) is 4.88. The molecule has 0 fully saturated rings. The largest absolute Gasteiger partial charge is 0.352 e. The number of nitrogens with one attached hydrogen (secondary N) is 1. The van der Waals surface area contributed by atoms with Crippen LogP contribution >= 0.6 is 11.6 Å². The molecule has 4 heteroatoms. The van der Waals surface area contributed by atoms with Gasteiger partial charge in [-0.15, -0.1) is 11.6 Å². The molecule has 0 radical (unpaired) electrons. The van der Waals surface area contributed by atoms with Crippen LogP contribution < -0.4 is 5.32 Å². The van der Waals surface area contributed by atoms with Crippen molar-refractivity contribution in [2.75, 3.05) is 5.88 Å². The number of carbonyl (C=O) groups is 1. The SMILES string of the molecule is Cc1ccc(CNC(=O)C(C)CCl)cn1. The third kappa shape index (κ3) is 3.88. The van der Waals surface area contributed by atoms with Crippen molar-refractivity contribution in [1.29, 1.82) is 0 Å². The summed E-state index contributed by atoms with van der Waals surface area (Å²) in [4.78, 5) is 15.5. The molecule has 0 aliphatic heterocycles. The summed E-state index contributed by atoms with van der Waals surface area (Å²) in [6.45, 7) is 4.24. The Bertz CT molecular complexity index is 324. The van der Waals surface area contributed by atoms with E-state index in [2.05, 4.69) is 10.3 Å². The first-order chi connectivity index (χ1) is 7.13. The fourth-order valence-electron chi connectivity index (χ4n) is 1.04. The second-order valence-electron chi connectivity index (χ2n) is 3.58. The van der Waals surface area contributed by atoms with Crippen molar-refractivity contribution in [3.05, 3.63) is 29.6 Å². The number of aromatic nitrogens is 1. The molecule has 0 aliphatic carbocycles. The summed E-state index contributed by atoms with van der Waals surface area (Å²) in [6.07, 6.45) is 1.76. The van der Waals surface area contributed by atoms with Crippen molar-refractivity contribution in [3.63, 3.8) is 0 Å². The van der Waals surface area contributed by atoms with Gasteiger partial charge in [-0.2, -0.15) is 0 Å². The fourth-order valence-corrected chi connectivity index (χ4v) is 1.18. The minimum atomic E-state index is -0.148. The molecule has 1 heterocycles. The third-order valence-corrected chi connectivity index (χ3v) is 2.58. The van der Waals surface area contributed by atoms with Gasteiger partial charge >= 0.3 is 0 Å². The van der Waals surface area contributed by atoms with Gasteiger partial charge in [0.25, 0.3) is 0 Å². The predicted molar refractivity (Wildman–Crippen MR) is 60.7 cm³/mol. The van der Waals surface area contributed by atoms with E-state index in [1.54, 1.807) is 13.1 Å². The molecule has 1 amide bonds. The number of halogens is 1. The summed E-state index contributed by atoms with van der Waals surface area (Å²) >= 11 is 5.58. The second kappa shape index (κ2) is 5.71. The Morgan fingerprint density at radius 3 is 2.87 bits per heavy atom. The van der Waals surface area contributed by atoms with E-state index in [4.69, 9.17) is 11.6 Å². The number of rotatable bonds is 4. The second-order valence-corrected chi connectivity index (χ2v) is 3.89. The van der Waals surface area contributed by atoms with Crippen LogP contribution in [0, 0.1) is 12.8 Å². The molecule has 1 aromatic heterocycles. The standard InChI is InChI=1S/C11H15ClN2O/c1-8(5-12)11(15)14-7-10-4-3-9(2)13-6-10/h3-4,6,8H,5,7H2,1-2H3,(H,14,15). The summed E-state index contributed by atoms with van der Waals surface area (Å²) in [7, 11) is 0. The molecule has 1 rings (SSSR count). The first-order valence-corrected chi connectivity index (χ1v) is 5.42. The number of alkyl halides is 1. The van der Waals surface area contributed by atoms with Gasteiger partial charge in [-0.05, 0) is 18.6 Å². The van der Waals surface area contributed by atoms with Crippen LogP contribution in [-0.2, 0) is 11.3 Å². The highest BCUT2D eigenvalue weighted by atomic mass is 35.5. The zero-order chi connectivity index (χ0) is 11.3. The van der Waals surface area contributed by atoms with Crippen LogP contribution in [0.4, 0.5) is 0 Å². The molecule has 1 unspecified atom stereocenters. The predicted octanol–water partition coefficient (Wildman–Crippen LogP) is 1.88. The molecule has 0 spiro atoms. The van der Waals surface area contributed by atoms with Gasteiger partial charge in [0.05, 0.1) is 0 Å². The molecule has 0 bridgehead atoms. The number of hydrogen-bond donors (Lipinski definition) is 1. The Balaban J connectivity index is 2.43. The van der Waals surface area contributed by atoms with Crippen molar-refractivity contribution in [2.45, 2.75) is 20.4 Å². The van der Waals surface area contributed by atoms with Crippen molar-refractivity contribution in [1.82, 2.24) is 10.3 Å². The van der Waals surface area contributed by atoms with Gasteiger partial charge in [0.15, 0.2) is 0 Å². The van der Waals surface area contributed by atoms with Gasteiger partial charge < -0.3 is 5.32 Å². The van der Waals surface area contributed by atoms with Gasteiger partial charge in [-0.3, -0.25) is 9.78 Å². The molecule has 0 aliphatic rings. The number of pyridine rings is 1. The normalized spacial score (nSPS) is 12.2. The molecule has 1 atom stereocenters. The number of carbonyl (C=O) groups excluding carboxylic acids is 1. The van der Waals surface area contributed by atoms with E-state index in [0.29, 0.717) is 12.4 Å². The Kier molecular flexibility index (Phi) is 4.56. The van der Waals surface area contributed by atoms with Gasteiger partial charge in [-0.1, -0.05) is 13.0 Å². The maximum atomic E-state index is 11.4. The van der Waals surface area contributed by atoms with Gasteiger partial charge in [0.1, 0.15) is 0 Å². The highest BCUT2D eigenvalue weighted by Crippen LogP contribution is 2.01. The van der Waals surface area contributed by atoms with E-state index in [9.17, 15) is 4.79 Å². The molecule has 1 aromatic rings. The van der Waals surface area contributed by atoms with E-state index < -0.39 is 0 Å². The summed E-state index contributed by atoms with van der Waals surface area (Å²) in [5.74, 6) is 0.175. The lowest BCUT2D eigenvalue weighted by Gasteiger charge is -2.08. The molecule has 0 saturated carbocycles. The summed E-state index contributed by atoms with van der Waals surface area (Å²) in [5, 5.41) is 2.81. The Morgan fingerprint density at radius 1 is 1.60 bits per heavy atom. The molecule has 0 saturated heterocycles. The molecule has 1 N–H and O–H groups in total. The van der Waals surface area contributed by atoms with Crippen LogP contribution in [-0.4, -0.2) is 16.8 Å². The van der Waals surface area contributed by atoms with E-state index in [0.717, 1.165) is 11.3 Å². The topological polar surface area (TPSA) is 42.0 Å². The highest BCUT2D eigenvalue weighted by Gasteiger charge is 2.10. The molecule has 82 valence electrons. The van der Waals surface area contributed by atoms with E-state index in [1.165, 1.54) is 0 Å². The number of hydrogen-bond acceptors (Lipinski definition) is 2. The highest BCUT2D eigenvalue weighted by molar-refractivity contribution is 6.19. The van der Waals surface area contributed by atoms with Gasteiger partial charge in [0.2, 0.25) is 5.91 Å². The zero-order valence-corrected chi connectivity index (χ0v) is 9.71. The van der Waals surface area contributed by atoms with Crippen LogP contribution in [0.25, 0.3) is 0 Å². The Hall–Kier alpha value is -1.09. The number of nitrogens with zero attached hydrogens (tertiary/aromatic N) is 1. The van der Waals surface area contributed by atoms with Gasteiger partial charge in [0, 0.05) is 30.2 Å². The smallest absolute Gasteiger partial charge is 0.224 e.